The number of aryl methyl sites for hydroxylation is 1. The van der Waals surface area contributed by atoms with Gasteiger partial charge in [-0.3, -0.25) is 0 Å². The molecule has 7 aromatic rings. The third-order valence-electron chi connectivity index (χ3n) is 15.8. The lowest BCUT2D eigenvalue weighted by Gasteiger charge is -2.63. The fourth-order valence-electron chi connectivity index (χ4n) is 13.1. The lowest BCUT2D eigenvalue weighted by atomic mass is 9.42. The fraction of sp³-hybridized carbons (Fsp3) is 0.279. The van der Waals surface area contributed by atoms with E-state index in [1.54, 1.807) is 11.1 Å². The van der Waals surface area contributed by atoms with Crippen LogP contribution in [0.5, 0.6) is 0 Å². The van der Waals surface area contributed by atoms with E-state index in [1.807, 2.05) is 6.08 Å². The van der Waals surface area contributed by atoms with Gasteiger partial charge in [0.15, 0.2) is 0 Å². The summed E-state index contributed by atoms with van der Waals surface area (Å²) < 4.78 is 0. The molecular formula is C61H60N2. The van der Waals surface area contributed by atoms with Crippen molar-refractivity contribution in [3.05, 3.63) is 210 Å². The van der Waals surface area contributed by atoms with Gasteiger partial charge in [-0.15, -0.1) is 0 Å². The predicted octanol–water partition coefficient (Wildman–Crippen LogP) is 16.7. The summed E-state index contributed by atoms with van der Waals surface area (Å²) >= 11 is 0. The van der Waals surface area contributed by atoms with E-state index in [4.69, 9.17) is 0 Å². The molecule has 2 nitrogen and oxygen atoms in total. The van der Waals surface area contributed by atoms with Crippen molar-refractivity contribution in [1.29, 1.82) is 0 Å². The average Bonchev–Trinajstić information content (AvgIpc) is 3.54. The Morgan fingerprint density at radius 2 is 0.952 bits per heavy atom. The smallest absolute Gasteiger partial charge is 0.0465 e. The molecule has 12 rings (SSSR count). The van der Waals surface area contributed by atoms with Gasteiger partial charge in [0.25, 0.3) is 0 Å². The molecule has 4 fully saturated rings. The van der Waals surface area contributed by atoms with Crippen LogP contribution >= 0.6 is 0 Å². The normalized spacial score (nSPS) is 22.3. The number of para-hydroxylation sites is 2. The molecule has 314 valence electrons. The number of rotatable bonds is 12. The van der Waals surface area contributed by atoms with Crippen LogP contribution in [0.4, 0.5) is 34.1 Å². The Balaban J connectivity index is 0.957. The molecule has 4 bridgehead atoms. The Morgan fingerprint density at radius 1 is 0.524 bits per heavy atom. The van der Waals surface area contributed by atoms with E-state index in [9.17, 15) is 0 Å². The van der Waals surface area contributed by atoms with Gasteiger partial charge >= 0.3 is 0 Å². The summed E-state index contributed by atoms with van der Waals surface area (Å²) in [6.07, 6.45) is 13.5. The molecule has 5 aliphatic rings. The van der Waals surface area contributed by atoms with Gasteiger partial charge in [0.1, 0.15) is 0 Å². The van der Waals surface area contributed by atoms with Crippen LogP contribution in [-0.2, 0) is 22.7 Å². The van der Waals surface area contributed by atoms with Crippen LogP contribution in [0, 0.1) is 11.8 Å². The molecule has 63 heavy (non-hydrogen) atoms. The first-order valence-corrected chi connectivity index (χ1v) is 23.7. The summed E-state index contributed by atoms with van der Waals surface area (Å²) in [4.78, 5) is 4.89. The molecule has 2 heteroatoms. The quantitative estimate of drug-likeness (QED) is 0.121. The van der Waals surface area contributed by atoms with Gasteiger partial charge in [-0.05, 0) is 191 Å². The van der Waals surface area contributed by atoms with Gasteiger partial charge in [-0.1, -0.05) is 137 Å². The molecule has 5 aliphatic carbocycles. The number of fused-ring (bicyclic) bond motifs is 3. The van der Waals surface area contributed by atoms with Crippen molar-refractivity contribution in [1.82, 2.24) is 0 Å². The Labute approximate surface area is 376 Å². The van der Waals surface area contributed by atoms with Gasteiger partial charge in [-0.2, -0.15) is 0 Å². The molecule has 4 saturated carbocycles. The highest BCUT2D eigenvalue weighted by atomic mass is 15.1. The average molecular weight is 821 g/mol. The van der Waals surface area contributed by atoms with Crippen LogP contribution in [-0.4, -0.2) is 0 Å². The first-order valence-electron chi connectivity index (χ1n) is 23.7. The van der Waals surface area contributed by atoms with E-state index in [2.05, 4.69) is 207 Å². The molecule has 0 saturated heterocycles. The Kier molecular flexibility index (Phi) is 9.83. The highest BCUT2D eigenvalue weighted by Crippen LogP contribution is 2.66. The Bertz CT molecular complexity index is 2710. The van der Waals surface area contributed by atoms with E-state index < -0.39 is 0 Å². The van der Waals surface area contributed by atoms with E-state index in [-0.39, 0.29) is 16.2 Å². The number of benzene rings is 7. The van der Waals surface area contributed by atoms with E-state index >= 15 is 0 Å². The molecule has 0 amide bonds. The monoisotopic (exact) mass is 820 g/mol. The summed E-state index contributed by atoms with van der Waals surface area (Å²) in [5.74, 6) is 1.62. The van der Waals surface area contributed by atoms with Crippen molar-refractivity contribution < 1.29 is 0 Å². The first kappa shape index (κ1) is 39.7. The van der Waals surface area contributed by atoms with E-state index in [1.165, 1.54) is 107 Å². The van der Waals surface area contributed by atoms with Crippen LogP contribution in [0.3, 0.4) is 0 Å². The topological polar surface area (TPSA) is 6.48 Å². The maximum Gasteiger partial charge on any atom is 0.0465 e. The van der Waals surface area contributed by atoms with Crippen molar-refractivity contribution in [2.45, 2.75) is 94.8 Å². The highest BCUT2D eigenvalue weighted by molar-refractivity contribution is 5.88. The summed E-state index contributed by atoms with van der Waals surface area (Å²) in [5.41, 5.74) is 18.6. The third-order valence-corrected chi connectivity index (χ3v) is 15.8. The molecule has 0 aliphatic heterocycles. The van der Waals surface area contributed by atoms with Gasteiger partial charge in [-0.25, -0.2) is 0 Å². The fourth-order valence-corrected chi connectivity index (χ4v) is 13.1. The summed E-state index contributed by atoms with van der Waals surface area (Å²) in [7, 11) is 0. The molecule has 0 heterocycles. The van der Waals surface area contributed by atoms with E-state index in [0.29, 0.717) is 0 Å². The van der Waals surface area contributed by atoms with Crippen LogP contribution in [0.1, 0.15) is 106 Å². The van der Waals surface area contributed by atoms with E-state index in [0.717, 1.165) is 29.6 Å². The lowest BCUT2D eigenvalue weighted by molar-refractivity contribution is -0.0281. The zero-order valence-corrected chi connectivity index (χ0v) is 37.4. The van der Waals surface area contributed by atoms with Crippen molar-refractivity contribution >= 4 is 40.2 Å². The number of anilines is 6. The van der Waals surface area contributed by atoms with Crippen molar-refractivity contribution in [3.63, 3.8) is 0 Å². The Morgan fingerprint density at radius 3 is 1.41 bits per heavy atom. The van der Waals surface area contributed by atoms with Gasteiger partial charge in [0.2, 0.25) is 0 Å². The summed E-state index contributed by atoms with van der Waals surface area (Å²) in [5, 5.41) is 0. The molecule has 0 N–H and O–H groups in total. The molecule has 2 unspecified atom stereocenters. The van der Waals surface area contributed by atoms with Crippen LogP contribution < -0.4 is 9.80 Å². The number of unbranched alkanes of at least 4 members (excludes halogenated alkanes) is 1. The molecule has 0 spiro atoms. The minimum atomic E-state index is -0.199. The number of hydrogen-bond donors (Lipinski definition) is 0. The SMILES string of the molecule is C=Cc1ccc(C23CC4CC(C2)CC(c2ccc(N(c5ccc(CCCC)cc5)c5ccc6c(c5)C(C)(C)c5cc(N(c7ccccc7)c7ccccc7)ccc5-6)cc2)(C4)C3)cc1. The largest absolute Gasteiger partial charge is 0.310 e. The lowest BCUT2D eigenvalue weighted by Crippen LogP contribution is -2.55. The van der Waals surface area contributed by atoms with Crippen LogP contribution in [0.2, 0.25) is 0 Å². The minimum absolute atomic E-state index is 0.199. The highest BCUT2D eigenvalue weighted by Gasteiger charge is 2.58. The standard InChI is InChI=1S/C61H60N2/c1-5-7-14-44-21-27-51(28-22-44)63(52-29-25-48(26-30-52)61-40-45-35-46(41-61)39-60(38-45,42-61)47-23-19-43(6-2)20-24-47)54-32-34-56-55-33-31-53(36-57(55)59(3,4)58(56)37-54)62(49-15-10-8-11-16-49)50-17-12-9-13-18-50/h6,8-13,15-34,36-37,45-46H,2,5,7,14,35,38-42H2,1,3-4H3. The first-order chi connectivity index (χ1) is 30.8. The Hall–Kier alpha value is -6.12. The van der Waals surface area contributed by atoms with Crippen molar-refractivity contribution in [2.24, 2.45) is 11.8 Å². The molecule has 0 radical (unpaired) electrons. The predicted molar refractivity (Wildman–Crippen MR) is 267 cm³/mol. The van der Waals surface area contributed by atoms with Crippen LogP contribution in [0.15, 0.2) is 176 Å². The molecular weight excluding hydrogens is 761 g/mol. The van der Waals surface area contributed by atoms with Gasteiger partial charge in [0.05, 0.1) is 0 Å². The third kappa shape index (κ3) is 6.85. The molecule has 2 atom stereocenters. The second-order valence-corrected chi connectivity index (χ2v) is 20.1. The van der Waals surface area contributed by atoms with Crippen molar-refractivity contribution in [3.8, 4) is 11.1 Å². The molecule has 7 aromatic carbocycles. The minimum Gasteiger partial charge on any atom is -0.310 e. The maximum absolute atomic E-state index is 4.03. The zero-order chi connectivity index (χ0) is 42.8. The van der Waals surface area contributed by atoms with Crippen LogP contribution in [0.25, 0.3) is 17.2 Å². The van der Waals surface area contributed by atoms with Gasteiger partial charge < -0.3 is 9.80 Å². The summed E-state index contributed by atoms with van der Waals surface area (Å²) in [6.45, 7) is 11.1. The second kappa shape index (κ2) is 15.6. The zero-order valence-electron chi connectivity index (χ0n) is 37.4. The summed E-state index contributed by atoms with van der Waals surface area (Å²) in [6, 6.07) is 64.5. The van der Waals surface area contributed by atoms with Crippen molar-refractivity contribution in [2.75, 3.05) is 9.80 Å². The number of hydrogen-bond acceptors (Lipinski definition) is 2. The number of nitrogens with zero attached hydrogens (tertiary/aromatic N) is 2. The molecule has 0 aromatic heterocycles. The second-order valence-electron chi connectivity index (χ2n) is 20.1. The maximum atomic E-state index is 4.03. The van der Waals surface area contributed by atoms with Gasteiger partial charge in [0, 0.05) is 39.5 Å².